The third-order valence-corrected chi connectivity index (χ3v) is 5.66. The first-order chi connectivity index (χ1) is 14.6. The Labute approximate surface area is 172 Å². The van der Waals surface area contributed by atoms with Crippen molar-refractivity contribution in [2.45, 2.75) is 5.41 Å². The van der Waals surface area contributed by atoms with E-state index in [1.807, 2.05) is 0 Å². The lowest BCUT2D eigenvalue weighted by Crippen LogP contribution is -2.42. The smallest absolute Gasteiger partial charge is 0.331 e. The molecule has 3 aromatic rings. The number of Topliss-reactive ketones (excluding diaryl/α,β-unsaturated/α-hetero) is 1. The molecule has 0 bridgehead atoms. The third kappa shape index (κ3) is 2.32. The molecule has 0 aromatic heterocycles. The average molecular weight is 396 g/mol. The predicted octanol–water partition coefficient (Wildman–Crippen LogP) is 3.91. The first-order valence-corrected chi connectivity index (χ1v) is 9.44. The monoisotopic (exact) mass is 396 g/mol. The van der Waals surface area contributed by atoms with E-state index in [1.165, 1.54) is 13.2 Å². The van der Waals surface area contributed by atoms with Crippen molar-refractivity contribution in [3.05, 3.63) is 107 Å². The van der Waals surface area contributed by atoms with E-state index < -0.39 is 11.4 Å². The number of fused-ring (bicyclic) bond motifs is 2. The van der Waals surface area contributed by atoms with E-state index in [0.717, 1.165) is 0 Å². The van der Waals surface area contributed by atoms with Gasteiger partial charge in [-0.15, -0.1) is 0 Å². The molecule has 146 valence electrons. The molecule has 5 heteroatoms. The summed E-state index contributed by atoms with van der Waals surface area (Å²) in [6, 6.07) is 20.5. The molecule has 0 saturated carbocycles. The minimum Gasteiger partial charge on any atom is -0.497 e. The summed E-state index contributed by atoms with van der Waals surface area (Å²) in [4.78, 5) is 39.9. The van der Waals surface area contributed by atoms with Crippen LogP contribution in [0.25, 0.3) is 0 Å². The standard InChI is InChI=1S/C25H16O5/c1-29-16-8-6-7-15(13-16)25(19-11-4-5-12-22(19)30-24(25)28)20-14-21(26)17-9-2-3-10-18(17)23(20)27/h2-14H,1H3/t25-/m1/s1. The Morgan fingerprint density at radius 1 is 0.833 bits per heavy atom. The van der Waals surface area contributed by atoms with Crippen molar-refractivity contribution in [1.29, 1.82) is 0 Å². The highest BCUT2D eigenvalue weighted by atomic mass is 16.5. The highest BCUT2D eigenvalue weighted by Crippen LogP contribution is 2.51. The van der Waals surface area contributed by atoms with Gasteiger partial charge in [-0.3, -0.25) is 9.59 Å². The number of hydrogen-bond acceptors (Lipinski definition) is 5. The molecule has 0 spiro atoms. The van der Waals surface area contributed by atoms with Gasteiger partial charge in [0.05, 0.1) is 7.11 Å². The van der Waals surface area contributed by atoms with Crippen molar-refractivity contribution < 1.29 is 23.9 Å². The second kappa shape index (κ2) is 6.52. The molecule has 30 heavy (non-hydrogen) atoms. The van der Waals surface area contributed by atoms with Gasteiger partial charge in [0, 0.05) is 22.3 Å². The Morgan fingerprint density at radius 2 is 1.57 bits per heavy atom. The number of ether oxygens (including phenoxy) is 2. The van der Waals surface area contributed by atoms with Crippen molar-refractivity contribution in [2.24, 2.45) is 0 Å². The average Bonchev–Trinajstić information content (AvgIpc) is 3.08. The first kappa shape index (κ1) is 18.1. The van der Waals surface area contributed by atoms with Crippen molar-refractivity contribution in [3.8, 4) is 11.5 Å². The summed E-state index contributed by atoms with van der Waals surface area (Å²) in [5, 5.41) is 0. The van der Waals surface area contributed by atoms with Crippen LogP contribution in [0.1, 0.15) is 31.8 Å². The summed E-state index contributed by atoms with van der Waals surface area (Å²) in [6.07, 6.45) is 1.27. The van der Waals surface area contributed by atoms with Gasteiger partial charge in [0.25, 0.3) is 0 Å². The number of benzene rings is 3. The van der Waals surface area contributed by atoms with Gasteiger partial charge in [-0.25, -0.2) is 4.79 Å². The molecular formula is C25H16O5. The summed E-state index contributed by atoms with van der Waals surface area (Å²) in [7, 11) is 1.53. The van der Waals surface area contributed by atoms with Gasteiger partial charge in [-0.1, -0.05) is 54.6 Å². The Hall–Kier alpha value is -3.99. The van der Waals surface area contributed by atoms with Crippen LogP contribution in [0.2, 0.25) is 0 Å². The second-order valence-corrected chi connectivity index (χ2v) is 7.16. The SMILES string of the molecule is COc1cccc([C@@]2(C3=CC(=O)c4ccccc4C3=O)C(=O)Oc3ccccc32)c1. The van der Waals surface area contributed by atoms with Gasteiger partial charge < -0.3 is 9.47 Å². The predicted molar refractivity (Wildman–Crippen MR) is 109 cm³/mol. The molecule has 5 nitrogen and oxygen atoms in total. The van der Waals surface area contributed by atoms with Crippen LogP contribution in [0, 0.1) is 0 Å². The van der Waals surface area contributed by atoms with Crippen LogP contribution in [-0.4, -0.2) is 24.6 Å². The summed E-state index contributed by atoms with van der Waals surface area (Å²) >= 11 is 0. The Morgan fingerprint density at radius 3 is 2.37 bits per heavy atom. The largest absolute Gasteiger partial charge is 0.497 e. The van der Waals surface area contributed by atoms with E-state index in [-0.39, 0.29) is 22.7 Å². The summed E-state index contributed by atoms with van der Waals surface area (Å²) in [5.74, 6) is -0.421. The number of allylic oxidation sites excluding steroid dienone is 1. The maximum atomic E-state index is 13.6. The van der Waals surface area contributed by atoms with Gasteiger partial charge in [-0.05, 0) is 29.8 Å². The fourth-order valence-corrected chi connectivity index (χ4v) is 4.29. The quantitative estimate of drug-likeness (QED) is 0.496. The number of rotatable bonds is 3. The first-order valence-electron chi connectivity index (χ1n) is 9.44. The van der Waals surface area contributed by atoms with Crippen LogP contribution >= 0.6 is 0 Å². The zero-order valence-electron chi connectivity index (χ0n) is 16.0. The number of carbonyl (C=O) groups is 3. The molecule has 1 aliphatic carbocycles. The lowest BCUT2D eigenvalue weighted by Gasteiger charge is -2.31. The molecule has 0 amide bonds. The van der Waals surface area contributed by atoms with Crippen LogP contribution in [-0.2, 0) is 10.2 Å². The molecule has 0 unspecified atom stereocenters. The molecular weight excluding hydrogens is 380 g/mol. The zero-order valence-corrected chi connectivity index (χ0v) is 16.0. The number of para-hydroxylation sites is 1. The number of esters is 1. The van der Waals surface area contributed by atoms with Crippen LogP contribution in [0.15, 0.2) is 84.4 Å². The fourth-order valence-electron chi connectivity index (χ4n) is 4.29. The number of carbonyl (C=O) groups excluding carboxylic acids is 3. The van der Waals surface area contributed by atoms with E-state index in [4.69, 9.17) is 9.47 Å². The van der Waals surface area contributed by atoms with Crippen molar-refractivity contribution in [3.63, 3.8) is 0 Å². The van der Waals surface area contributed by atoms with Crippen LogP contribution in [0.5, 0.6) is 11.5 Å². The maximum absolute atomic E-state index is 13.6. The van der Waals surface area contributed by atoms with Gasteiger partial charge in [0.2, 0.25) is 0 Å². The van der Waals surface area contributed by atoms with Gasteiger partial charge in [0.15, 0.2) is 17.0 Å². The molecule has 0 N–H and O–H groups in total. The molecule has 2 aliphatic rings. The molecule has 5 rings (SSSR count). The molecule has 0 saturated heterocycles. The zero-order chi connectivity index (χ0) is 20.9. The van der Waals surface area contributed by atoms with Crippen LogP contribution in [0.3, 0.4) is 0 Å². The second-order valence-electron chi connectivity index (χ2n) is 7.16. The van der Waals surface area contributed by atoms with Crippen molar-refractivity contribution >= 4 is 17.5 Å². The Kier molecular flexibility index (Phi) is 3.93. The van der Waals surface area contributed by atoms with E-state index >= 15 is 0 Å². The molecule has 0 fully saturated rings. The van der Waals surface area contributed by atoms with Crippen molar-refractivity contribution in [2.75, 3.05) is 7.11 Å². The molecule has 3 aromatic carbocycles. The highest BCUT2D eigenvalue weighted by Gasteiger charge is 2.56. The molecule has 1 aliphatic heterocycles. The molecule has 1 atom stereocenters. The Balaban J connectivity index is 1.85. The number of methoxy groups -OCH3 is 1. The normalized spacial score (nSPS) is 19.6. The summed E-state index contributed by atoms with van der Waals surface area (Å²) in [5.41, 5.74) is 0.143. The number of hydrogen-bond donors (Lipinski definition) is 0. The van der Waals surface area contributed by atoms with Crippen LogP contribution < -0.4 is 9.47 Å². The van der Waals surface area contributed by atoms with E-state index in [0.29, 0.717) is 28.2 Å². The number of ketones is 2. The minimum atomic E-state index is -1.56. The molecule has 0 radical (unpaired) electrons. The van der Waals surface area contributed by atoms with E-state index in [1.54, 1.807) is 72.8 Å². The van der Waals surface area contributed by atoms with Crippen LogP contribution in [0.4, 0.5) is 0 Å². The topological polar surface area (TPSA) is 69.7 Å². The lowest BCUT2D eigenvalue weighted by molar-refractivity contribution is -0.135. The van der Waals surface area contributed by atoms with Gasteiger partial charge in [0.1, 0.15) is 11.5 Å². The highest BCUT2D eigenvalue weighted by molar-refractivity contribution is 6.28. The Bertz CT molecular complexity index is 1270. The van der Waals surface area contributed by atoms with E-state index in [2.05, 4.69) is 0 Å². The van der Waals surface area contributed by atoms with Crippen molar-refractivity contribution in [1.82, 2.24) is 0 Å². The lowest BCUT2D eigenvalue weighted by atomic mass is 9.66. The summed E-state index contributed by atoms with van der Waals surface area (Å²) < 4.78 is 10.9. The summed E-state index contributed by atoms with van der Waals surface area (Å²) in [6.45, 7) is 0. The fraction of sp³-hybridized carbons (Fsp3) is 0.0800. The van der Waals surface area contributed by atoms with Gasteiger partial charge >= 0.3 is 5.97 Å². The minimum absolute atomic E-state index is 0.0782. The third-order valence-electron chi connectivity index (χ3n) is 5.66. The van der Waals surface area contributed by atoms with E-state index in [9.17, 15) is 14.4 Å². The maximum Gasteiger partial charge on any atom is 0.331 e. The molecule has 1 heterocycles. The van der Waals surface area contributed by atoms with Gasteiger partial charge in [-0.2, -0.15) is 0 Å².